The molecule has 2 aromatic rings. The topological polar surface area (TPSA) is 38.9 Å². The van der Waals surface area contributed by atoms with E-state index in [2.05, 4.69) is 4.98 Å². The minimum atomic E-state index is -0.232. The van der Waals surface area contributed by atoms with Crippen molar-refractivity contribution in [3.63, 3.8) is 0 Å². The quantitative estimate of drug-likeness (QED) is 0.882. The van der Waals surface area contributed by atoms with Gasteiger partial charge in [-0.3, -0.25) is 0 Å². The molecule has 2 rings (SSSR count). The van der Waals surface area contributed by atoms with Gasteiger partial charge >= 0.3 is 0 Å². The highest BCUT2D eigenvalue weighted by Gasteiger charge is 2.03. The van der Waals surface area contributed by atoms with Crippen LogP contribution in [0.2, 0.25) is 0 Å². The fourth-order valence-electron chi connectivity index (χ4n) is 1.13. The molecule has 1 aromatic heterocycles. The van der Waals surface area contributed by atoms with Gasteiger partial charge < -0.3 is 5.73 Å². The van der Waals surface area contributed by atoms with Crippen LogP contribution in [0.4, 0.5) is 4.39 Å². The number of aromatic nitrogens is 1. The van der Waals surface area contributed by atoms with Crippen LogP contribution in [0.1, 0.15) is 4.88 Å². The molecule has 0 aliphatic rings. The van der Waals surface area contributed by atoms with Crippen LogP contribution in [0.15, 0.2) is 30.5 Å². The molecule has 1 aromatic carbocycles. The summed E-state index contributed by atoms with van der Waals surface area (Å²) in [6.07, 6.45) is 1.75. The SMILES string of the molecule is Cl.NCc1cnc(-c2ccc(F)cc2)s1. The van der Waals surface area contributed by atoms with E-state index in [1.807, 2.05) is 0 Å². The highest BCUT2D eigenvalue weighted by atomic mass is 35.5. The highest BCUT2D eigenvalue weighted by molar-refractivity contribution is 7.15. The first-order valence-electron chi connectivity index (χ1n) is 4.20. The average Bonchev–Trinajstić information content (AvgIpc) is 2.67. The van der Waals surface area contributed by atoms with Crippen molar-refractivity contribution in [2.24, 2.45) is 5.73 Å². The summed E-state index contributed by atoms with van der Waals surface area (Å²) in [4.78, 5) is 5.23. The summed E-state index contributed by atoms with van der Waals surface area (Å²) in [5.74, 6) is -0.232. The van der Waals surface area contributed by atoms with Crippen LogP contribution in [0.3, 0.4) is 0 Å². The van der Waals surface area contributed by atoms with Crippen LogP contribution in [0.5, 0.6) is 0 Å². The molecule has 0 radical (unpaired) electrons. The summed E-state index contributed by atoms with van der Waals surface area (Å²) in [6, 6.07) is 6.29. The highest BCUT2D eigenvalue weighted by Crippen LogP contribution is 2.24. The Hall–Kier alpha value is -0.970. The molecule has 0 spiro atoms. The van der Waals surface area contributed by atoms with E-state index in [0.717, 1.165) is 15.4 Å². The third-order valence-electron chi connectivity index (χ3n) is 1.85. The number of hydrogen-bond donors (Lipinski definition) is 1. The van der Waals surface area contributed by atoms with Gasteiger partial charge in [0.1, 0.15) is 10.8 Å². The predicted octanol–water partition coefficient (Wildman–Crippen LogP) is 2.83. The molecule has 0 fully saturated rings. The number of thiazole rings is 1. The van der Waals surface area contributed by atoms with Crippen LogP contribution in [0, 0.1) is 5.82 Å². The van der Waals surface area contributed by atoms with E-state index in [1.54, 1.807) is 18.3 Å². The van der Waals surface area contributed by atoms with Crippen LogP contribution in [0.25, 0.3) is 10.6 Å². The van der Waals surface area contributed by atoms with Crippen LogP contribution in [-0.2, 0) is 6.54 Å². The fraction of sp³-hybridized carbons (Fsp3) is 0.100. The van der Waals surface area contributed by atoms with Crippen molar-refractivity contribution in [3.8, 4) is 10.6 Å². The van der Waals surface area contributed by atoms with Gasteiger partial charge in [-0.05, 0) is 24.3 Å². The second kappa shape index (κ2) is 5.21. The van der Waals surface area contributed by atoms with Crippen molar-refractivity contribution in [3.05, 3.63) is 41.2 Å². The van der Waals surface area contributed by atoms with Gasteiger partial charge in [0.15, 0.2) is 0 Å². The van der Waals surface area contributed by atoms with Gasteiger partial charge in [-0.25, -0.2) is 9.37 Å². The van der Waals surface area contributed by atoms with Crippen molar-refractivity contribution in [2.45, 2.75) is 6.54 Å². The Kier molecular flexibility index (Phi) is 4.20. The minimum Gasteiger partial charge on any atom is -0.326 e. The van der Waals surface area contributed by atoms with E-state index in [-0.39, 0.29) is 18.2 Å². The first kappa shape index (κ1) is 12.1. The van der Waals surface area contributed by atoms with Gasteiger partial charge in [0.05, 0.1) is 0 Å². The second-order valence-electron chi connectivity index (χ2n) is 2.84. The fourth-order valence-corrected chi connectivity index (χ4v) is 1.92. The molecular weight excluding hydrogens is 235 g/mol. The third kappa shape index (κ3) is 2.75. The number of rotatable bonds is 2. The second-order valence-corrected chi connectivity index (χ2v) is 3.96. The molecule has 2 nitrogen and oxygen atoms in total. The van der Waals surface area contributed by atoms with Crippen molar-refractivity contribution in [1.29, 1.82) is 0 Å². The molecule has 0 aliphatic heterocycles. The summed E-state index contributed by atoms with van der Waals surface area (Å²) in [7, 11) is 0. The Morgan fingerprint density at radius 3 is 2.47 bits per heavy atom. The number of nitrogens with zero attached hydrogens (tertiary/aromatic N) is 1. The van der Waals surface area contributed by atoms with E-state index in [4.69, 9.17) is 5.73 Å². The summed E-state index contributed by atoms with van der Waals surface area (Å²) in [6.45, 7) is 0.499. The Morgan fingerprint density at radius 2 is 1.93 bits per heavy atom. The van der Waals surface area contributed by atoms with Gasteiger partial charge in [0.2, 0.25) is 0 Å². The summed E-state index contributed by atoms with van der Waals surface area (Å²) in [5.41, 5.74) is 6.40. The number of hydrogen-bond acceptors (Lipinski definition) is 3. The molecule has 0 bridgehead atoms. The van der Waals surface area contributed by atoms with Gasteiger partial charge in [-0.1, -0.05) is 0 Å². The van der Waals surface area contributed by atoms with Crippen molar-refractivity contribution < 1.29 is 4.39 Å². The van der Waals surface area contributed by atoms with E-state index in [1.165, 1.54) is 23.5 Å². The monoisotopic (exact) mass is 244 g/mol. The summed E-state index contributed by atoms with van der Waals surface area (Å²) >= 11 is 1.53. The molecule has 2 N–H and O–H groups in total. The molecule has 0 saturated heterocycles. The molecule has 1 heterocycles. The van der Waals surface area contributed by atoms with Crippen LogP contribution in [-0.4, -0.2) is 4.98 Å². The molecule has 0 unspecified atom stereocenters. The smallest absolute Gasteiger partial charge is 0.123 e. The maximum atomic E-state index is 12.6. The van der Waals surface area contributed by atoms with Gasteiger partial charge in [-0.2, -0.15) is 0 Å². The molecule has 0 amide bonds. The van der Waals surface area contributed by atoms with Crippen LogP contribution >= 0.6 is 23.7 Å². The zero-order valence-electron chi connectivity index (χ0n) is 7.81. The number of nitrogens with two attached hydrogens (primary N) is 1. The lowest BCUT2D eigenvalue weighted by Gasteiger charge is -1.94. The van der Waals surface area contributed by atoms with E-state index >= 15 is 0 Å². The molecule has 15 heavy (non-hydrogen) atoms. The lowest BCUT2D eigenvalue weighted by molar-refractivity contribution is 0.628. The molecule has 0 atom stereocenters. The predicted molar refractivity (Wildman–Crippen MR) is 62.6 cm³/mol. The molecule has 80 valence electrons. The van der Waals surface area contributed by atoms with Crippen molar-refractivity contribution in [2.75, 3.05) is 0 Å². The maximum Gasteiger partial charge on any atom is 0.123 e. The molecule has 5 heteroatoms. The molecule has 0 saturated carbocycles. The number of benzene rings is 1. The Morgan fingerprint density at radius 1 is 1.27 bits per heavy atom. The van der Waals surface area contributed by atoms with E-state index in [0.29, 0.717) is 6.54 Å². The summed E-state index contributed by atoms with van der Waals surface area (Å²) < 4.78 is 12.6. The first-order chi connectivity index (χ1) is 6.79. The van der Waals surface area contributed by atoms with Gasteiger partial charge in [0.25, 0.3) is 0 Å². The average molecular weight is 245 g/mol. The Balaban J connectivity index is 0.00000112. The van der Waals surface area contributed by atoms with E-state index < -0.39 is 0 Å². The molecular formula is C10H10ClFN2S. The lowest BCUT2D eigenvalue weighted by Crippen LogP contribution is -1.91. The zero-order chi connectivity index (χ0) is 9.97. The zero-order valence-corrected chi connectivity index (χ0v) is 9.45. The normalized spacial score (nSPS) is 9.73. The first-order valence-corrected chi connectivity index (χ1v) is 5.02. The van der Waals surface area contributed by atoms with Crippen molar-refractivity contribution in [1.82, 2.24) is 4.98 Å². The third-order valence-corrected chi connectivity index (χ3v) is 2.91. The number of halogens is 2. The minimum absolute atomic E-state index is 0. The maximum absolute atomic E-state index is 12.6. The van der Waals surface area contributed by atoms with Crippen LogP contribution < -0.4 is 5.73 Å². The Labute approximate surface area is 97.4 Å². The standard InChI is InChI=1S/C10H9FN2S.ClH/c11-8-3-1-7(2-4-8)10-13-6-9(5-12)14-10;/h1-4,6H,5,12H2;1H. The molecule has 0 aliphatic carbocycles. The van der Waals surface area contributed by atoms with E-state index in [9.17, 15) is 4.39 Å². The Bertz CT molecular complexity index is 427. The van der Waals surface area contributed by atoms with Crippen molar-refractivity contribution >= 4 is 23.7 Å². The van der Waals surface area contributed by atoms with Gasteiger partial charge in [-0.15, -0.1) is 23.7 Å². The summed E-state index contributed by atoms with van der Waals surface area (Å²) in [5, 5.41) is 0.880. The van der Waals surface area contributed by atoms with Gasteiger partial charge in [0, 0.05) is 23.2 Å². The largest absolute Gasteiger partial charge is 0.326 e. The lowest BCUT2D eigenvalue weighted by atomic mass is 10.2.